The van der Waals surface area contributed by atoms with Crippen LogP contribution in [0, 0.1) is 0 Å². The summed E-state index contributed by atoms with van der Waals surface area (Å²) in [4.78, 5) is 10.8. The number of hydrogen-bond donors (Lipinski definition) is 1. The lowest BCUT2D eigenvalue weighted by atomic mass is 10.2. The van der Waals surface area contributed by atoms with Crippen molar-refractivity contribution in [1.82, 2.24) is 14.9 Å². The Balaban J connectivity index is 1.53. The molecule has 0 unspecified atom stereocenters. The molecule has 0 bridgehead atoms. The quantitative estimate of drug-likeness (QED) is 0.743. The highest BCUT2D eigenvalue weighted by atomic mass is 35.5. The summed E-state index contributed by atoms with van der Waals surface area (Å²) in [5.41, 5.74) is 3.29. The number of rotatable bonds is 4. The third kappa shape index (κ3) is 3.95. The minimum Gasteiger partial charge on any atom is -0.439 e. The van der Waals surface area contributed by atoms with E-state index in [4.69, 9.17) is 16.3 Å². The Labute approximate surface area is 157 Å². The smallest absolute Gasteiger partial charge is 0.219 e. The van der Waals surface area contributed by atoms with Crippen LogP contribution < -0.4 is 10.1 Å². The van der Waals surface area contributed by atoms with Crippen LogP contribution in [0.5, 0.6) is 11.6 Å². The molecule has 1 N–H and O–H groups in total. The van der Waals surface area contributed by atoms with Gasteiger partial charge in [-0.2, -0.15) is 0 Å². The summed E-state index contributed by atoms with van der Waals surface area (Å²) in [6, 6.07) is 13.7. The minimum atomic E-state index is 0.598. The molecule has 0 amide bonds. The molecule has 26 heavy (non-hydrogen) atoms. The molecule has 0 spiro atoms. The van der Waals surface area contributed by atoms with Crippen LogP contribution in [-0.4, -0.2) is 28.0 Å². The van der Waals surface area contributed by atoms with Crippen molar-refractivity contribution in [3.05, 3.63) is 77.2 Å². The van der Waals surface area contributed by atoms with Gasteiger partial charge in [-0.1, -0.05) is 29.8 Å². The predicted octanol–water partition coefficient (Wildman–Crippen LogP) is 4.35. The summed E-state index contributed by atoms with van der Waals surface area (Å²) in [6.07, 6.45) is 5.31. The van der Waals surface area contributed by atoms with Gasteiger partial charge in [-0.15, -0.1) is 0 Å². The number of halogens is 1. The highest BCUT2D eigenvalue weighted by Gasteiger charge is 2.17. The lowest BCUT2D eigenvalue weighted by molar-refractivity contribution is 0.271. The van der Waals surface area contributed by atoms with Crippen molar-refractivity contribution in [2.75, 3.05) is 18.4 Å². The van der Waals surface area contributed by atoms with Crippen LogP contribution in [0.25, 0.3) is 0 Å². The fraction of sp³-hybridized carbons (Fsp3) is 0.200. The van der Waals surface area contributed by atoms with Gasteiger partial charge in [0.25, 0.3) is 0 Å². The molecular weight excluding hydrogens is 348 g/mol. The molecule has 6 heteroatoms. The summed E-state index contributed by atoms with van der Waals surface area (Å²) in [5, 5.41) is 4.14. The number of hydrogen-bond acceptors (Lipinski definition) is 5. The molecule has 3 aromatic rings. The van der Waals surface area contributed by atoms with E-state index in [0.717, 1.165) is 48.7 Å². The van der Waals surface area contributed by atoms with Crippen LogP contribution >= 0.6 is 11.6 Å². The van der Waals surface area contributed by atoms with Crippen LogP contribution in [0.15, 0.2) is 61.1 Å². The van der Waals surface area contributed by atoms with E-state index < -0.39 is 0 Å². The lowest BCUT2D eigenvalue weighted by Crippen LogP contribution is -2.25. The van der Waals surface area contributed by atoms with Gasteiger partial charge in [-0.05, 0) is 29.3 Å². The number of fused-ring (bicyclic) bond motifs is 1. The van der Waals surface area contributed by atoms with E-state index in [0.29, 0.717) is 10.9 Å². The number of nitrogens with one attached hydrogen (secondary N) is 1. The monoisotopic (exact) mass is 366 g/mol. The highest BCUT2D eigenvalue weighted by Crippen LogP contribution is 2.27. The molecule has 0 atom stereocenters. The molecule has 0 fully saturated rings. The average Bonchev–Trinajstić information content (AvgIpc) is 2.86. The zero-order valence-corrected chi connectivity index (χ0v) is 15.0. The summed E-state index contributed by atoms with van der Waals surface area (Å²) < 4.78 is 5.87. The molecule has 5 nitrogen and oxygen atoms in total. The Kier molecular flexibility index (Phi) is 5.00. The predicted molar refractivity (Wildman–Crippen MR) is 103 cm³/mol. The molecule has 0 saturated carbocycles. The molecule has 0 radical (unpaired) electrons. The lowest BCUT2D eigenvalue weighted by Gasteiger charge is -2.20. The molecule has 1 aliphatic heterocycles. The zero-order valence-electron chi connectivity index (χ0n) is 14.2. The van der Waals surface area contributed by atoms with E-state index in [1.165, 1.54) is 0 Å². The van der Waals surface area contributed by atoms with E-state index in [9.17, 15) is 0 Å². The molecule has 0 saturated heterocycles. The number of para-hydroxylation sites is 1. The first kappa shape index (κ1) is 16.8. The Morgan fingerprint density at radius 3 is 2.88 bits per heavy atom. The first-order valence-corrected chi connectivity index (χ1v) is 8.92. The van der Waals surface area contributed by atoms with Crippen LogP contribution in [0.2, 0.25) is 5.02 Å². The van der Waals surface area contributed by atoms with Gasteiger partial charge >= 0.3 is 0 Å². The number of pyridine rings is 2. The van der Waals surface area contributed by atoms with Gasteiger partial charge in [0.15, 0.2) is 0 Å². The largest absolute Gasteiger partial charge is 0.439 e. The van der Waals surface area contributed by atoms with Crippen molar-refractivity contribution in [3.63, 3.8) is 0 Å². The second-order valence-electron chi connectivity index (χ2n) is 6.20. The molecule has 1 aromatic carbocycles. The Morgan fingerprint density at radius 1 is 1.15 bits per heavy atom. The van der Waals surface area contributed by atoms with Crippen molar-refractivity contribution < 1.29 is 4.74 Å². The Hall–Kier alpha value is -2.63. The molecule has 1 aliphatic rings. The average molecular weight is 367 g/mol. The summed E-state index contributed by atoms with van der Waals surface area (Å²) >= 11 is 6.27. The maximum atomic E-state index is 6.27. The molecule has 2 aromatic heterocycles. The Bertz CT molecular complexity index is 888. The fourth-order valence-corrected chi connectivity index (χ4v) is 3.19. The number of aromatic nitrogens is 2. The molecule has 0 aliphatic carbocycles. The first-order valence-electron chi connectivity index (χ1n) is 8.54. The van der Waals surface area contributed by atoms with Gasteiger partial charge in [-0.3, -0.25) is 9.88 Å². The first-order chi connectivity index (χ1) is 12.8. The van der Waals surface area contributed by atoms with Crippen molar-refractivity contribution in [2.24, 2.45) is 0 Å². The van der Waals surface area contributed by atoms with E-state index in [1.54, 1.807) is 12.4 Å². The SMILES string of the molecule is Clc1cnccc1CN1CCNc2cnc(Oc3ccccc3)cc2C1. The Morgan fingerprint density at radius 2 is 2.04 bits per heavy atom. The van der Waals surface area contributed by atoms with Crippen LogP contribution in [0.3, 0.4) is 0 Å². The molecule has 3 heterocycles. The standard InChI is InChI=1S/C20H19ClN4O/c21-18-11-22-7-6-15(18)13-25-9-8-23-19-12-24-20(10-16(19)14-25)26-17-4-2-1-3-5-17/h1-7,10-12,23H,8-9,13-14H2. The van der Waals surface area contributed by atoms with E-state index in [2.05, 4.69) is 20.2 Å². The van der Waals surface area contributed by atoms with Gasteiger partial charge in [0.2, 0.25) is 5.88 Å². The normalized spacial score (nSPS) is 14.2. The van der Waals surface area contributed by atoms with Crippen molar-refractivity contribution in [1.29, 1.82) is 0 Å². The van der Waals surface area contributed by atoms with Gasteiger partial charge < -0.3 is 10.1 Å². The second kappa shape index (κ2) is 7.72. The van der Waals surface area contributed by atoms with E-state index in [-0.39, 0.29) is 0 Å². The van der Waals surface area contributed by atoms with Crippen molar-refractivity contribution >= 4 is 17.3 Å². The van der Waals surface area contributed by atoms with Gasteiger partial charge in [0.05, 0.1) is 16.9 Å². The number of anilines is 1. The third-order valence-corrected chi connectivity index (χ3v) is 4.66. The second-order valence-corrected chi connectivity index (χ2v) is 6.61. The van der Waals surface area contributed by atoms with Crippen LogP contribution in [-0.2, 0) is 13.1 Å². The van der Waals surface area contributed by atoms with Gasteiger partial charge in [0.1, 0.15) is 5.75 Å². The zero-order chi connectivity index (χ0) is 17.8. The van der Waals surface area contributed by atoms with Crippen molar-refractivity contribution in [3.8, 4) is 11.6 Å². The van der Waals surface area contributed by atoms with E-state index >= 15 is 0 Å². The van der Waals surface area contributed by atoms with Gasteiger partial charge in [-0.25, -0.2) is 4.98 Å². The highest BCUT2D eigenvalue weighted by molar-refractivity contribution is 6.31. The summed E-state index contributed by atoms with van der Waals surface area (Å²) in [5.74, 6) is 1.38. The molecule has 132 valence electrons. The number of ether oxygens (including phenoxy) is 1. The topological polar surface area (TPSA) is 50.3 Å². The maximum absolute atomic E-state index is 6.27. The van der Waals surface area contributed by atoms with Crippen LogP contribution in [0.1, 0.15) is 11.1 Å². The molecule has 4 rings (SSSR count). The van der Waals surface area contributed by atoms with Crippen molar-refractivity contribution in [2.45, 2.75) is 13.1 Å². The summed E-state index contributed by atoms with van der Waals surface area (Å²) in [7, 11) is 0. The van der Waals surface area contributed by atoms with E-state index in [1.807, 2.05) is 48.7 Å². The molecular formula is C20H19ClN4O. The number of nitrogens with zero attached hydrogens (tertiary/aromatic N) is 3. The fourth-order valence-electron chi connectivity index (χ4n) is 3.01. The third-order valence-electron chi connectivity index (χ3n) is 4.32. The van der Waals surface area contributed by atoms with Gasteiger partial charge in [0, 0.05) is 44.6 Å². The summed E-state index contributed by atoms with van der Waals surface area (Å²) in [6.45, 7) is 3.35. The maximum Gasteiger partial charge on any atom is 0.219 e. The number of benzene rings is 1. The van der Waals surface area contributed by atoms with Crippen LogP contribution in [0.4, 0.5) is 5.69 Å². The minimum absolute atomic E-state index is 0.598.